The Bertz CT molecular complexity index is 186. The van der Waals surface area contributed by atoms with Gasteiger partial charge in [-0.15, -0.1) is 11.8 Å². The quantitative estimate of drug-likeness (QED) is 0.610. The van der Waals surface area contributed by atoms with Crippen molar-refractivity contribution in [2.75, 3.05) is 5.75 Å². The van der Waals surface area contributed by atoms with Crippen molar-refractivity contribution in [2.24, 2.45) is 0 Å². The minimum absolute atomic E-state index is 0.185. The predicted molar refractivity (Wildman–Crippen MR) is 55.4 cm³/mol. The minimum atomic E-state index is 0.185. The number of rotatable bonds is 2. The summed E-state index contributed by atoms with van der Waals surface area (Å²) >= 11 is 1.84. The molecule has 1 aliphatic heterocycles. The van der Waals surface area contributed by atoms with Gasteiger partial charge < -0.3 is 4.74 Å². The van der Waals surface area contributed by atoms with Crippen molar-refractivity contribution in [3.8, 4) is 0 Å². The van der Waals surface area contributed by atoms with Gasteiger partial charge in [0.25, 0.3) is 0 Å². The van der Waals surface area contributed by atoms with E-state index in [1.807, 2.05) is 30.8 Å². The molecule has 12 heavy (non-hydrogen) atoms. The first kappa shape index (κ1) is 9.87. The fourth-order valence-corrected chi connectivity index (χ4v) is 2.39. The normalized spacial score (nSPS) is 30.8. The van der Waals surface area contributed by atoms with Gasteiger partial charge in [-0.05, 0) is 31.6 Å². The van der Waals surface area contributed by atoms with E-state index in [2.05, 4.69) is 13.5 Å². The minimum Gasteiger partial charge on any atom is -0.360 e. The fraction of sp³-hybridized carbons (Fsp3) is 0.600. The first-order valence-electron chi connectivity index (χ1n) is 4.32. The van der Waals surface area contributed by atoms with E-state index < -0.39 is 0 Å². The zero-order valence-corrected chi connectivity index (χ0v) is 8.56. The molecule has 0 bridgehead atoms. The van der Waals surface area contributed by atoms with E-state index in [0.717, 1.165) is 12.0 Å². The SMILES string of the molecule is C=C(/C=C/C)[C@H]1O[C@@H](C)CCS1. The third-order valence-electron chi connectivity index (χ3n) is 1.83. The topological polar surface area (TPSA) is 9.23 Å². The molecular formula is C10H16OS. The first-order chi connectivity index (χ1) is 5.74. The zero-order chi connectivity index (χ0) is 8.97. The summed E-state index contributed by atoms with van der Waals surface area (Å²) < 4.78 is 5.71. The maximum absolute atomic E-state index is 5.71. The summed E-state index contributed by atoms with van der Waals surface area (Å²) in [5.74, 6) is 1.18. The predicted octanol–water partition coefficient (Wildman–Crippen LogP) is 2.99. The standard InChI is InChI=1S/C10H16OS/c1-4-5-8(2)10-11-9(3)6-7-12-10/h4-5,9-10H,2,6-7H2,1,3H3/b5-4+/t9-,10-/m0/s1. The Hall–Kier alpha value is -0.210. The number of hydrogen-bond donors (Lipinski definition) is 0. The van der Waals surface area contributed by atoms with Crippen LogP contribution < -0.4 is 0 Å². The summed E-state index contributed by atoms with van der Waals surface area (Å²) in [5.41, 5.74) is 1.26. The van der Waals surface area contributed by atoms with Gasteiger partial charge >= 0.3 is 0 Å². The van der Waals surface area contributed by atoms with Gasteiger partial charge in [-0.3, -0.25) is 0 Å². The average Bonchev–Trinajstić information content (AvgIpc) is 2.05. The molecule has 0 unspecified atom stereocenters. The highest BCUT2D eigenvalue weighted by molar-refractivity contribution is 8.00. The lowest BCUT2D eigenvalue weighted by Crippen LogP contribution is -2.24. The molecule has 0 aromatic rings. The molecule has 1 aliphatic rings. The fourth-order valence-electron chi connectivity index (χ4n) is 1.15. The van der Waals surface area contributed by atoms with E-state index in [1.54, 1.807) is 0 Å². The molecule has 0 aromatic carbocycles. The van der Waals surface area contributed by atoms with Crippen LogP contribution in [0.15, 0.2) is 24.3 Å². The van der Waals surface area contributed by atoms with E-state index >= 15 is 0 Å². The Morgan fingerprint density at radius 3 is 3.00 bits per heavy atom. The molecule has 2 atom stereocenters. The van der Waals surface area contributed by atoms with E-state index in [4.69, 9.17) is 4.74 Å². The molecule has 0 radical (unpaired) electrons. The lowest BCUT2D eigenvalue weighted by Gasteiger charge is -2.27. The van der Waals surface area contributed by atoms with Crippen LogP contribution in [0.5, 0.6) is 0 Å². The molecule has 0 saturated carbocycles. The second-order valence-corrected chi connectivity index (χ2v) is 4.18. The largest absolute Gasteiger partial charge is 0.360 e. The maximum atomic E-state index is 5.71. The molecule has 0 aliphatic carbocycles. The van der Waals surface area contributed by atoms with Crippen molar-refractivity contribution < 1.29 is 4.74 Å². The van der Waals surface area contributed by atoms with Gasteiger partial charge in [-0.2, -0.15) is 0 Å². The van der Waals surface area contributed by atoms with Gasteiger partial charge in [-0.25, -0.2) is 0 Å². The summed E-state index contributed by atoms with van der Waals surface area (Å²) in [7, 11) is 0. The van der Waals surface area contributed by atoms with Crippen LogP contribution in [0.4, 0.5) is 0 Å². The van der Waals surface area contributed by atoms with Crippen molar-refractivity contribution in [3.63, 3.8) is 0 Å². The second kappa shape index (κ2) is 4.73. The Kier molecular flexibility index (Phi) is 3.89. The molecule has 1 heterocycles. The highest BCUT2D eigenvalue weighted by Crippen LogP contribution is 2.28. The van der Waals surface area contributed by atoms with Gasteiger partial charge in [0.2, 0.25) is 0 Å². The van der Waals surface area contributed by atoms with Gasteiger partial charge in [0, 0.05) is 0 Å². The van der Waals surface area contributed by atoms with Gasteiger partial charge in [0.1, 0.15) is 5.44 Å². The maximum Gasteiger partial charge on any atom is 0.128 e. The summed E-state index contributed by atoms with van der Waals surface area (Å²) in [4.78, 5) is 0. The van der Waals surface area contributed by atoms with Crippen LogP contribution in [0, 0.1) is 0 Å². The lowest BCUT2D eigenvalue weighted by atomic mass is 10.2. The Labute approximate surface area is 78.9 Å². The molecule has 2 heteroatoms. The summed E-state index contributed by atoms with van der Waals surface area (Å²) in [6.45, 7) is 8.09. The molecule has 68 valence electrons. The van der Waals surface area contributed by atoms with Crippen LogP contribution in [-0.2, 0) is 4.74 Å². The zero-order valence-electron chi connectivity index (χ0n) is 7.75. The molecule has 1 nitrogen and oxygen atoms in total. The second-order valence-electron chi connectivity index (χ2n) is 3.01. The Morgan fingerprint density at radius 2 is 2.42 bits per heavy atom. The van der Waals surface area contributed by atoms with E-state index in [0.29, 0.717) is 6.10 Å². The highest BCUT2D eigenvalue weighted by Gasteiger charge is 2.20. The van der Waals surface area contributed by atoms with Gasteiger partial charge in [0.05, 0.1) is 6.10 Å². The van der Waals surface area contributed by atoms with Crippen molar-refractivity contribution in [2.45, 2.75) is 31.8 Å². The van der Waals surface area contributed by atoms with Crippen LogP contribution in [0.1, 0.15) is 20.3 Å². The molecule has 1 rings (SSSR count). The summed E-state index contributed by atoms with van der Waals surface area (Å²) in [5, 5.41) is 0. The average molecular weight is 184 g/mol. The van der Waals surface area contributed by atoms with Crippen molar-refractivity contribution in [1.29, 1.82) is 0 Å². The third kappa shape index (κ3) is 2.68. The van der Waals surface area contributed by atoms with Crippen LogP contribution >= 0.6 is 11.8 Å². The molecule has 0 N–H and O–H groups in total. The van der Waals surface area contributed by atoms with Crippen LogP contribution in [-0.4, -0.2) is 17.3 Å². The molecule has 1 fully saturated rings. The number of allylic oxidation sites excluding steroid dienone is 1. The molecule has 0 amide bonds. The van der Waals surface area contributed by atoms with E-state index in [-0.39, 0.29) is 5.44 Å². The van der Waals surface area contributed by atoms with Crippen LogP contribution in [0.2, 0.25) is 0 Å². The van der Waals surface area contributed by atoms with Crippen molar-refractivity contribution in [3.05, 3.63) is 24.3 Å². The van der Waals surface area contributed by atoms with Crippen LogP contribution in [0.3, 0.4) is 0 Å². The Balaban J connectivity index is 2.45. The third-order valence-corrected chi connectivity index (χ3v) is 3.02. The number of hydrogen-bond acceptors (Lipinski definition) is 2. The van der Waals surface area contributed by atoms with E-state index in [9.17, 15) is 0 Å². The molecule has 0 spiro atoms. The monoisotopic (exact) mass is 184 g/mol. The molecular weight excluding hydrogens is 168 g/mol. The highest BCUT2D eigenvalue weighted by atomic mass is 32.2. The Morgan fingerprint density at radius 1 is 1.67 bits per heavy atom. The lowest BCUT2D eigenvalue weighted by molar-refractivity contribution is 0.0569. The number of thioether (sulfide) groups is 1. The molecule has 1 saturated heterocycles. The van der Waals surface area contributed by atoms with Crippen molar-refractivity contribution in [1.82, 2.24) is 0 Å². The summed E-state index contributed by atoms with van der Waals surface area (Å²) in [6.07, 6.45) is 5.57. The van der Waals surface area contributed by atoms with Crippen molar-refractivity contribution >= 4 is 11.8 Å². The molecule has 0 aromatic heterocycles. The van der Waals surface area contributed by atoms with Crippen LogP contribution in [0.25, 0.3) is 0 Å². The smallest absolute Gasteiger partial charge is 0.128 e. The first-order valence-corrected chi connectivity index (χ1v) is 5.37. The summed E-state index contributed by atoms with van der Waals surface area (Å²) in [6, 6.07) is 0. The van der Waals surface area contributed by atoms with E-state index in [1.165, 1.54) is 5.75 Å². The van der Waals surface area contributed by atoms with Gasteiger partial charge in [-0.1, -0.05) is 18.7 Å². The van der Waals surface area contributed by atoms with Gasteiger partial charge in [0.15, 0.2) is 0 Å². The number of ether oxygens (including phenoxy) is 1.